The highest BCUT2D eigenvalue weighted by atomic mass is 16.5. The van der Waals surface area contributed by atoms with E-state index >= 15 is 0 Å². The van der Waals surface area contributed by atoms with E-state index in [2.05, 4.69) is 10.2 Å². The maximum atomic E-state index is 12.9. The first-order valence-corrected chi connectivity index (χ1v) is 9.21. The number of hydrogen-bond donors (Lipinski definition) is 1. The van der Waals surface area contributed by atoms with Crippen LogP contribution in [0.3, 0.4) is 0 Å². The fourth-order valence-corrected chi connectivity index (χ4v) is 4.01. The molecule has 134 valence electrons. The average molecular weight is 343 g/mol. The zero-order chi connectivity index (χ0) is 17.2. The largest absolute Gasteiger partial charge is 0.356 e. The normalized spacial score (nSPS) is 28.3. The van der Waals surface area contributed by atoms with Gasteiger partial charge in [-0.15, -0.1) is 0 Å². The van der Waals surface area contributed by atoms with Gasteiger partial charge in [0.25, 0.3) is 5.91 Å². The molecular weight excluding hydrogens is 318 g/mol. The van der Waals surface area contributed by atoms with Crippen LogP contribution in [-0.2, 0) is 14.3 Å². The van der Waals surface area contributed by atoms with Gasteiger partial charge in [-0.1, -0.05) is 36.8 Å². The molecule has 4 rings (SSSR count). The van der Waals surface area contributed by atoms with E-state index in [0.29, 0.717) is 6.04 Å². The highest BCUT2D eigenvalue weighted by Crippen LogP contribution is 2.27. The van der Waals surface area contributed by atoms with Crippen LogP contribution in [0, 0.1) is 0 Å². The standard InChI is InChI=1S/C19H25N3O3/c23-16-13-25-18(17(20-16)14-7-3-1-4-8-14)19(24)22-11-15(12-22)21-9-5-2-6-10-21/h1,3-4,7-8,15,17-18H,2,5-6,9-13H2,(H,20,23)/t17-,18+/m1/s1. The van der Waals surface area contributed by atoms with Gasteiger partial charge in [0.1, 0.15) is 6.61 Å². The average Bonchev–Trinajstić information content (AvgIpc) is 2.62. The monoisotopic (exact) mass is 343 g/mol. The lowest BCUT2D eigenvalue weighted by Crippen LogP contribution is -2.65. The summed E-state index contributed by atoms with van der Waals surface area (Å²) in [6.07, 6.45) is 3.21. The molecule has 3 saturated heterocycles. The van der Waals surface area contributed by atoms with E-state index in [4.69, 9.17) is 4.74 Å². The molecule has 1 aromatic carbocycles. The van der Waals surface area contributed by atoms with E-state index in [9.17, 15) is 9.59 Å². The molecule has 3 fully saturated rings. The van der Waals surface area contributed by atoms with Crippen LogP contribution in [0.25, 0.3) is 0 Å². The number of nitrogens with zero attached hydrogens (tertiary/aromatic N) is 2. The van der Waals surface area contributed by atoms with E-state index in [1.54, 1.807) is 0 Å². The summed E-state index contributed by atoms with van der Waals surface area (Å²) in [6.45, 7) is 3.79. The molecule has 3 aliphatic heterocycles. The maximum Gasteiger partial charge on any atom is 0.254 e. The van der Waals surface area contributed by atoms with Crippen LogP contribution < -0.4 is 5.32 Å². The number of amides is 2. The number of carbonyl (C=O) groups excluding carboxylic acids is 2. The Hall–Kier alpha value is -1.92. The van der Waals surface area contributed by atoms with Gasteiger partial charge >= 0.3 is 0 Å². The Bertz CT molecular complexity index is 624. The number of rotatable bonds is 3. The van der Waals surface area contributed by atoms with E-state index in [-0.39, 0.29) is 18.4 Å². The molecule has 2 amide bonds. The number of nitrogens with one attached hydrogen (secondary N) is 1. The molecule has 0 unspecified atom stereocenters. The second kappa shape index (κ2) is 7.14. The summed E-state index contributed by atoms with van der Waals surface area (Å²) < 4.78 is 5.64. The van der Waals surface area contributed by atoms with Crippen molar-refractivity contribution < 1.29 is 14.3 Å². The second-order valence-electron chi connectivity index (χ2n) is 7.18. The molecule has 0 bridgehead atoms. The zero-order valence-corrected chi connectivity index (χ0v) is 14.4. The van der Waals surface area contributed by atoms with Crippen molar-refractivity contribution in [2.24, 2.45) is 0 Å². The lowest BCUT2D eigenvalue weighted by atomic mass is 9.96. The Kier molecular flexibility index (Phi) is 4.72. The van der Waals surface area contributed by atoms with Gasteiger partial charge in [-0.25, -0.2) is 0 Å². The fourth-order valence-electron chi connectivity index (χ4n) is 4.01. The van der Waals surface area contributed by atoms with Gasteiger partial charge in [0.05, 0.1) is 6.04 Å². The van der Waals surface area contributed by atoms with Crippen LogP contribution in [-0.4, -0.2) is 66.5 Å². The number of piperidine rings is 1. The van der Waals surface area contributed by atoms with Gasteiger partial charge in [0.2, 0.25) is 5.91 Å². The predicted molar refractivity (Wildman–Crippen MR) is 92.9 cm³/mol. The molecule has 0 radical (unpaired) electrons. The molecule has 3 heterocycles. The molecule has 0 spiro atoms. The summed E-state index contributed by atoms with van der Waals surface area (Å²) in [5, 5.41) is 2.92. The highest BCUT2D eigenvalue weighted by molar-refractivity contribution is 5.87. The van der Waals surface area contributed by atoms with E-state index < -0.39 is 12.1 Å². The minimum absolute atomic E-state index is 0.0119. The van der Waals surface area contributed by atoms with E-state index in [1.165, 1.54) is 19.3 Å². The number of ether oxygens (including phenoxy) is 1. The van der Waals surface area contributed by atoms with Crippen LogP contribution in [0.4, 0.5) is 0 Å². The third-order valence-corrected chi connectivity index (χ3v) is 5.50. The summed E-state index contributed by atoms with van der Waals surface area (Å²) in [5.41, 5.74) is 0.905. The molecular formula is C19H25N3O3. The first-order valence-electron chi connectivity index (χ1n) is 9.21. The molecule has 3 aliphatic rings. The molecule has 25 heavy (non-hydrogen) atoms. The number of benzene rings is 1. The van der Waals surface area contributed by atoms with Crippen LogP contribution >= 0.6 is 0 Å². The van der Waals surface area contributed by atoms with Crippen molar-refractivity contribution in [3.05, 3.63) is 35.9 Å². The van der Waals surface area contributed by atoms with Crippen LogP contribution in [0.1, 0.15) is 30.9 Å². The van der Waals surface area contributed by atoms with Crippen molar-refractivity contribution in [1.29, 1.82) is 0 Å². The Morgan fingerprint density at radius 1 is 1.08 bits per heavy atom. The fraction of sp³-hybridized carbons (Fsp3) is 0.579. The van der Waals surface area contributed by atoms with Gasteiger partial charge in [0, 0.05) is 19.1 Å². The lowest BCUT2D eigenvalue weighted by molar-refractivity contribution is -0.161. The van der Waals surface area contributed by atoms with Gasteiger partial charge in [-0.3, -0.25) is 14.5 Å². The third-order valence-electron chi connectivity index (χ3n) is 5.50. The number of morpholine rings is 1. The van der Waals surface area contributed by atoms with E-state index in [0.717, 1.165) is 31.7 Å². The predicted octanol–water partition coefficient (Wildman–Crippen LogP) is 0.939. The number of hydrogen-bond acceptors (Lipinski definition) is 4. The summed E-state index contributed by atoms with van der Waals surface area (Å²) in [6, 6.07) is 9.66. The summed E-state index contributed by atoms with van der Waals surface area (Å²) in [5.74, 6) is -0.185. The topological polar surface area (TPSA) is 61.9 Å². The number of carbonyl (C=O) groups is 2. The molecule has 0 aromatic heterocycles. The van der Waals surface area contributed by atoms with Crippen molar-refractivity contribution in [2.75, 3.05) is 32.8 Å². The Balaban J connectivity index is 1.41. The molecule has 6 heteroatoms. The maximum absolute atomic E-state index is 12.9. The molecule has 0 saturated carbocycles. The van der Waals surface area contributed by atoms with E-state index in [1.807, 2.05) is 35.2 Å². The van der Waals surface area contributed by atoms with Gasteiger partial charge in [0.15, 0.2) is 6.10 Å². The summed E-state index contributed by atoms with van der Waals surface area (Å²) in [4.78, 5) is 29.1. The van der Waals surface area contributed by atoms with Gasteiger partial charge < -0.3 is 15.0 Å². The SMILES string of the molecule is O=C1CO[C@H](C(=O)N2CC(N3CCCCC3)C2)[C@@H](c2ccccc2)N1. The third kappa shape index (κ3) is 3.41. The molecule has 1 N–H and O–H groups in total. The molecule has 1 aromatic rings. The molecule has 6 nitrogen and oxygen atoms in total. The van der Waals surface area contributed by atoms with Crippen LogP contribution in [0.15, 0.2) is 30.3 Å². The van der Waals surface area contributed by atoms with Crippen molar-refractivity contribution in [1.82, 2.24) is 15.1 Å². The van der Waals surface area contributed by atoms with Crippen LogP contribution in [0.5, 0.6) is 0 Å². The molecule has 2 atom stereocenters. The van der Waals surface area contributed by atoms with Crippen LogP contribution in [0.2, 0.25) is 0 Å². The van der Waals surface area contributed by atoms with Gasteiger partial charge in [-0.2, -0.15) is 0 Å². The first kappa shape index (κ1) is 16.5. The minimum Gasteiger partial charge on any atom is -0.356 e. The first-order chi connectivity index (χ1) is 12.2. The number of likely N-dealkylation sites (tertiary alicyclic amines) is 2. The quantitative estimate of drug-likeness (QED) is 0.887. The van der Waals surface area contributed by atoms with Crippen molar-refractivity contribution >= 4 is 11.8 Å². The summed E-state index contributed by atoms with van der Waals surface area (Å²) >= 11 is 0. The highest BCUT2D eigenvalue weighted by Gasteiger charge is 2.43. The second-order valence-corrected chi connectivity index (χ2v) is 7.18. The Labute approximate surface area is 148 Å². The lowest BCUT2D eigenvalue weighted by Gasteiger charge is -2.48. The Morgan fingerprint density at radius 3 is 2.52 bits per heavy atom. The summed E-state index contributed by atoms with van der Waals surface area (Å²) in [7, 11) is 0. The minimum atomic E-state index is -0.637. The van der Waals surface area contributed by atoms with Gasteiger partial charge in [-0.05, 0) is 31.5 Å². The van der Waals surface area contributed by atoms with Crippen molar-refractivity contribution in [3.8, 4) is 0 Å². The van der Waals surface area contributed by atoms with Crippen molar-refractivity contribution in [2.45, 2.75) is 37.5 Å². The smallest absolute Gasteiger partial charge is 0.254 e. The molecule has 0 aliphatic carbocycles. The van der Waals surface area contributed by atoms with Crippen molar-refractivity contribution in [3.63, 3.8) is 0 Å². The Morgan fingerprint density at radius 2 is 1.80 bits per heavy atom. The zero-order valence-electron chi connectivity index (χ0n) is 14.4.